The van der Waals surface area contributed by atoms with E-state index in [0.717, 1.165) is 11.4 Å². The molecule has 2 nitrogen and oxygen atoms in total. The summed E-state index contributed by atoms with van der Waals surface area (Å²) in [5.41, 5.74) is 2.06. The van der Waals surface area contributed by atoms with Crippen molar-refractivity contribution in [3.05, 3.63) is 57.1 Å². The second-order valence-electron chi connectivity index (χ2n) is 3.58. The monoisotopic (exact) mass is 250 g/mol. The van der Waals surface area contributed by atoms with E-state index in [1.54, 1.807) is 0 Å². The minimum absolute atomic E-state index is 0.574. The van der Waals surface area contributed by atoms with E-state index in [1.807, 2.05) is 37.3 Å². The van der Waals surface area contributed by atoms with Gasteiger partial charge in [-0.15, -0.1) is 0 Å². The molecule has 0 unspecified atom stereocenters. The zero-order chi connectivity index (χ0) is 11.5. The van der Waals surface area contributed by atoms with Crippen LogP contribution in [0.4, 0.5) is 0 Å². The fourth-order valence-corrected chi connectivity index (χ4v) is 2.19. The number of aromatic amines is 1. The molecule has 82 valence electrons. The van der Waals surface area contributed by atoms with E-state index in [-0.39, 0.29) is 0 Å². The van der Waals surface area contributed by atoms with Gasteiger partial charge in [-0.3, -0.25) is 0 Å². The SMILES string of the molecule is Cc1nc(=S)c(Cc2ccccc2)c(Cl)[nH]1. The lowest BCUT2D eigenvalue weighted by Crippen LogP contribution is -1.98. The topological polar surface area (TPSA) is 28.7 Å². The Bertz CT molecular complexity index is 549. The van der Waals surface area contributed by atoms with Crippen LogP contribution in [0.25, 0.3) is 0 Å². The average molecular weight is 251 g/mol. The van der Waals surface area contributed by atoms with Crippen LogP contribution in [0.2, 0.25) is 5.15 Å². The van der Waals surface area contributed by atoms with Crippen molar-refractivity contribution in [1.82, 2.24) is 9.97 Å². The van der Waals surface area contributed by atoms with Crippen molar-refractivity contribution in [3.63, 3.8) is 0 Å². The number of benzene rings is 1. The van der Waals surface area contributed by atoms with E-state index >= 15 is 0 Å². The molecule has 0 atom stereocenters. The van der Waals surface area contributed by atoms with Crippen molar-refractivity contribution in [2.24, 2.45) is 0 Å². The molecule has 0 saturated heterocycles. The van der Waals surface area contributed by atoms with Gasteiger partial charge in [-0.2, -0.15) is 0 Å². The minimum atomic E-state index is 0.574. The molecule has 1 aromatic heterocycles. The Hall–Kier alpha value is -1.19. The van der Waals surface area contributed by atoms with Gasteiger partial charge in [-0.25, -0.2) is 4.98 Å². The third kappa shape index (κ3) is 2.49. The van der Waals surface area contributed by atoms with Crippen LogP contribution in [0, 0.1) is 11.6 Å². The van der Waals surface area contributed by atoms with Gasteiger partial charge in [-0.05, 0) is 12.5 Å². The number of nitrogens with one attached hydrogen (secondary N) is 1. The van der Waals surface area contributed by atoms with Gasteiger partial charge in [0.25, 0.3) is 0 Å². The van der Waals surface area contributed by atoms with E-state index in [9.17, 15) is 0 Å². The summed E-state index contributed by atoms with van der Waals surface area (Å²) in [6, 6.07) is 10.1. The fourth-order valence-electron chi connectivity index (χ4n) is 1.53. The lowest BCUT2D eigenvalue weighted by Gasteiger charge is -2.05. The van der Waals surface area contributed by atoms with E-state index in [0.29, 0.717) is 16.2 Å². The average Bonchev–Trinajstić information content (AvgIpc) is 2.25. The molecule has 0 radical (unpaired) electrons. The number of nitrogens with zero attached hydrogens (tertiary/aromatic N) is 1. The number of H-pyrrole nitrogens is 1. The maximum atomic E-state index is 6.12. The first-order chi connectivity index (χ1) is 7.66. The molecule has 0 aliphatic heterocycles. The van der Waals surface area contributed by atoms with Crippen molar-refractivity contribution in [3.8, 4) is 0 Å². The van der Waals surface area contributed by atoms with Crippen LogP contribution in [0.5, 0.6) is 0 Å². The normalized spacial score (nSPS) is 10.4. The quantitative estimate of drug-likeness (QED) is 0.651. The summed E-state index contributed by atoms with van der Waals surface area (Å²) >= 11 is 11.3. The molecular formula is C12H11ClN2S. The summed E-state index contributed by atoms with van der Waals surface area (Å²) < 4.78 is 0.574. The molecule has 2 aromatic rings. The minimum Gasteiger partial charge on any atom is -0.334 e. The third-order valence-corrected chi connectivity index (χ3v) is 2.97. The van der Waals surface area contributed by atoms with Gasteiger partial charge < -0.3 is 4.98 Å². The van der Waals surface area contributed by atoms with Gasteiger partial charge in [0.2, 0.25) is 0 Å². The van der Waals surface area contributed by atoms with Crippen LogP contribution in [-0.4, -0.2) is 9.97 Å². The Morgan fingerprint density at radius 2 is 2.00 bits per heavy atom. The van der Waals surface area contributed by atoms with Crippen molar-refractivity contribution in [2.45, 2.75) is 13.3 Å². The number of aromatic nitrogens is 2. The van der Waals surface area contributed by atoms with Crippen LogP contribution in [0.3, 0.4) is 0 Å². The highest BCUT2D eigenvalue weighted by Gasteiger charge is 2.06. The summed E-state index contributed by atoms with van der Waals surface area (Å²) in [6.07, 6.45) is 0.711. The smallest absolute Gasteiger partial charge is 0.134 e. The Kier molecular flexibility index (Phi) is 3.36. The van der Waals surface area contributed by atoms with Gasteiger partial charge >= 0.3 is 0 Å². The molecule has 16 heavy (non-hydrogen) atoms. The summed E-state index contributed by atoms with van der Waals surface area (Å²) in [4.78, 5) is 7.19. The molecule has 0 bridgehead atoms. The molecule has 0 saturated carbocycles. The van der Waals surface area contributed by atoms with Crippen LogP contribution in [0.1, 0.15) is 17.0 Å². The Morgan fingerprint density at radius 1 is 1.31 bits per heavy atom. The maximum Gasteiger partial charge on any atom is 0.134 e. The van der Waals surface area contributed by atoms with E-state index in [1.165, 1.54) is 5.56 Å². The predicted molar refractivity (Wildman–Crippen MR) is 68.4 cm³/mol. The fraction of sp³-hybridized carbons (Fsp3) is 0.167. The number of hydrogen-bond donors (Lipinski definition) is 1. The molecule has 1 aromatic carbocycles. The molecule has 2 rings (SSSR count). The first kappa shape index (κ1) is 11.3. The largest absolute Gasteiger partial charge is 0.334 e. The van der Waals surface area contributed by atoms with E-state index in [2.05, 4.69) is 9.97 Å². The molecule has 4 heteroatoms. The van der Waals surface area contributed by atoms with Crippen molar-refractivity contribution in [2.75, 3.05) is 0 Å². The van der Waals surface area contributed by atoms with Crippen molar-refractivity contribution < 1.29 is 0 Å². The zero-order valence-electron chi connectivity index (χ0n) is 8.83. The molecule has 0 fully saturated rings. The van der Waals surface area contributed by atoms with Crippen LogP contribution in [-0.2, 0) is 6.42 Å². The highest BCUT2D eigenvalue weighted by atomic mass is 35.5. The van der Waals surface area contributed by atoms with Crippen molar-refractivity contribution in [1.29, 1.82) is 0 Å². The van der Waals surface area contributed by atoms with Gasteiger partial charge in [0.15, 0.2) is 0 Å². The summed E-state index contributed by atoms with van der Waals surface area (Å²) in [5.74, 6) is 0.742. The molecule has 0 spiro atoms. The zero-order valence-corrected chi connectivity index (χ0v) is 10.4. The Balaban J connectivity index is 2.39. The lowest BCUT2D eigenvalue weighted by atomic mass is 10.1. The van der Waals surface area contributed by atoms with E-state index < -0.39 is 0 Å². The molecule has 0 aliphatic carbocycles. The first-order valence-corrected chi connectivity index (χ1v) is 5.74. The Labute approximate surface area is 104 Å². The summed E-state index contributed by atoms with van der Waals surface area (Å²) in [6.45, 7) is 1.84. The maximum absolute atomic E-state index is 6.12. The highest BCUT2D eigenvalue weighted by molar-refractivity contribution is 7.71. The second-order valence-corrected chi connectivity index (χ2v) is 4.35. The van der Waals surface area contributed by atoms with Gasteiger partial charge in [0, 0.05) is 12.0 Å². The second kappa shape index (κ2) is 4.76. The molecule has 1 N–H and O–H groups in total. The highest BCUT2D eigenvalue weighted by Crippen LogP contribution is 2.17. The van der Waals surface area contributed by atoms with E-state index in [4.69, 9.17) is 23.8 Å². The van der Waals surface area contributed by atoms with Crippen LogP contribution in [0.15, 0.2) is 30.3 Å². The van der Waals surface area contributed by atoms with Crippen molar-refractivity contribution >= 4 is 23.8 Å². The summed E-state index contributed by atoms with van der Waals surface area (Å²) in [7, 11) is 0. The summed E-state index contributed by atoms with van der Waals surface area (Å²) in [5, 5.41) is 0.585. The predicted octanol–water partition coefficient (Wildman–Crippen LogP) is 3.69. The number of halogens is 1. The standard InChI is InChI=1S/C12H11ClN2S/c1-8-14-11(13)10(12(16)15-8)7-9-5-3-2-4-6-9/h2-6H,7H2,1H3,(H,14,15,16). The number of aryl methyl sites for hydroxylation is 1. The molecule has 1 heterocycles. The third-order valence-electron chi connectivity index (χ3n) is 2.31. The van der Waals surface area contributed by atoms with Gasteiger partial charge in [0.1, 0.15) is 15.6 Å². The number of hydrogen-bond acceptors (Lipinski definition) is 2. The molecular weight excluding hydrogens is 240 g/mol. The molecule has 0 amide bonds. The lowest BCUT2D eigenvalue weighted by molar-refractivity contribution is 0.991. The Morgan fingerprint density at radius 3 is 2.62 bits per heavy atom. The van der Waals surface area contributed by atoms with Crippen LogP contribution < -0.4 is 0 Å². The van der Waals surface area contributed by atoms with Crippen LogP contribution >= 0.6 is 23.8 Å². The first-order valence-electron chi connectivity index (χ1n) is 4.96. The number of rotatable bonds is 2. The van der Waals surface area contributed by atoms with Gasteiger partial charge in [0.05, 0.1) is 0 Å². The van der Waals surface area contributed by atoms with Gasteiger partial charge in [-0.1, -0.05) is 54.2 Å². The molecule has 0 aliphatic rings.